The number of rotatable bonds is 28. The number of esters is 2. The first kappa shape index (κ1) is 137. The van der Waals surface area contributed by atoms with E-state index < -0.39 is 23.8 Å². The number of unbranched alkanes of at least 4 members (excludes halogenated alkanes) is 6. The summed E-state index contributed by atoms with van der Waals surface area (Å²) in [5.41, 5.74) is 46.1. The van der Waals surface area contributed by atoms with Crippen LogP contribution in [0.2, 0.25) is 10.3 Å². The fourth-order valence-corrected chi connectivity index (χ4v) is 13.3. The minimum Gasteiger partial charge on any atom is -0.508 e. The molecule has 5 heterocycles. The van der Waals surface area contributed by atoms with Gasteiger partial charge in [0.2, 0.25) is 0 Å². The summed E-state index contributed by atoms with van der Waals surface area (Å²) in [6.07, 6.45) is 17.5. The van der Waals surface area contributed by atoms with E-state index in [1.54, 1.807) is 137 Å². The Bertz CT molecular complexity index is 5920. The van der Waals surface area contributed by atoms with Gasteiger partial charge < -0.3 is 105 Å². The van der Waals surface area contributed by atoms with Gasteiger partial charge in [0.15, 0.2) is 60.5 Å². The number of hydrogen-bond acceptors (Lipinski definition) is 33. The number of imide groups is 2. The third kappa shape index (κ3) is 48.6. The number of phenolic OH excluding ortho intramolecular Hbond substituents is 2. The number of hydrogen-bond donors (Lipinski definition) is 14. The fraction of sp³-hybridized carbons (Fsp3) is 0.320. The quantitative estimate of drug-likeness (QED) is 0.00207. The standard InChI is InChI=1S/C21H22N2O3S.C19H25ClN8O2S.C18H17NO3.C14H21NOS.C10H15NO.C8H4O3.C7H9ClN6OS.C3H6ClNS.CH5N.CH4O.CH4.BrH.HI.H3N/c1-22(2)21(27)26-16-12-10-15(11-13-16)7-5-6-14-23-19(24)17-8-3-4-9-18(17)20(23)25;1-28(2)19(31)30-12-8-6-11(7-9-12)5-3-4-10-24-18(23)27-17(29)13-15(21)26-16(22)14(20)25-13;20-14-10-8-13(9-11-14)5-3-4-12-19-17(21)15-6-1-2-7-16(15)18(19)22;1-4-5-6-7-12-8-10-13(11-9-12)16-14(17)15(2)3;11-8-2-1-3-9-4-6-10(12)7-5-9;9-7-5-3-1-2-4-6(5)8(10)11-7;1-16-7(11)14-6(15)2-4(9)13-5(10)3(8)12-2;1-5(2)3(4)6;2*1-2;;;;/h3-4,8-13H,5-7,14H2,1-2H3;6-9H,3-5,10H2,1-2H3,(H4,21,22,26)(H3,23,24,27,29);1-2,6-11,20H,3-5,12H2;8-11H,4-7H2,1-3H3;4-7,12H,1-3,8,11H2;1-4H;1H3,(H4,9,10,13)(H2,11,14,15);1-2H3;2H2,1H3;2H,1H3;1H4;2*1H;1H3. The number of carbonyl (C=O) groups excluding carboxylic acids is 8. The maximum absolute atomic E-state index is 12.3. The molecule has 0 atom stereocenters. The number of aliphatic hydroxyl groups is 1. The third-order valence-electron chi connectivity index (χ3n) is 20.3. The van der Waals surface area contributed by atoms with Crippen molar-refractivity contribution in [2.24, 2.45) is 22.2 Å². The van der Waals surface area contributed by atoms with E-state index in [9.17, 15) is 43.5 Å². The molecule has 13 rings (SSSR count). The van der Waals surface area contributed by atoms with Gasteiger partial charge in [-0.3, -0.25) is 54.3 Å². The van der Waals surface area contributed by atoms with Crippen LogP contribution in [0.15, 0.2) is 199 Å². The van der Waals surface area contributed by atoms with E-state index in [1.807, 2.05) is 127 Å². The van der Waals surface area contributed by atoms with E-state index in [1.165, 1.54) is 58.4 Å². The smallest absolute Gasteiger partial charge is 0.346 e. The number of thioether (sulfide) groups is 1. The first-order chi connectivity index (χ1) is 69.6. The number of ether oxygens (including phenoxy) is 4. The molecule has 0 aliphatic carbocycles. The molecule has 6 amide bonds. The highest BCUT2D eigenvalue weighted by molar-refractivity contribution is 14.0. The maximum Gasteiger partial charge on any atom is 0.346 e. The second-order valence-corrected chi connectivity index (χ2v) is 35.6. The van der Waals surface area contributed by atoms with Crippen LogP contribution in [0.5, 0.6) is 28.7 Å². The number of amides is 6. The van der Waals surface area contributed by atoms with Crippen LogP contribution < -0.4 is 71.1 Å². The number of thiocarbonyl (C=S) groups is 4. The van der Waals surface area contributed by atoms with Gasteiger partial charge in [0.05, 0.1) is 33.4 Å². The van der Waals surface area contributed by atoms with Crippen LogP contribution in [0.3, 0.4) is 0 Å². The lowest BCUT2D eigenvalue weighted by atomic mass is 10.1. The number of guanidine groups is 1. The summed E-state index contributed by atoms with van der Waals surface area (Å²) in [7, 11) is 17.2. The summed E-state index contributed by atoms with van der Waals surface area (Å²) in [5.74, 6) is -0.780. The molecule has 23 N–H and O–H groups in total. The van der Waals surface area contributed by atoms with Crippen molar-refractivity contribution in [2.75, 3.05) is 126 Å². The first-order valence-corrected chi connectivity index (χ1v) is 49.7. The predicted molar refractivity (Wildman–Crippen MR) is 632 cm³/mol. The Morgan fingerprint density at radius 3 is 1.01 bits per heavy atom. The van der Waals surface area contributed by atoms with E-state index in [0.29, 0.717) is 90.2 Å². The van der Waals surface area contributed by atoms with Gasteiger partial charge in [0, 0.05) is 83.1 Å². The Morgan fingerprint density at radius 1 is 0.453 bits per heavy atom. The number of carbonyl (C=O) groups is 8. The van der Waals surface area contributed by atoms with E-state index in [0.717, 1.165) is 120 Å². The van der Waals surface area contributed by atoms with E-state index >= 15 is 0 Å². The van der Waals surface area contributed by atoms with Gasteiger partial charge in [-0.25, -0.2) is 29.5 Å². The number of anilines is 4. The largest absolute Gasteiger partial charge is 0.508 e. The molecule has 8 aromatic carbocycles. The highest BCUT2D eigenvalue weighted by atomic mass is 127. The molecule has 814 valence electrons. The number of aryl methyl sites for hydroxylation is 5. The Balaban J connectivity index is 0.00000173. The van der Waals surface area contributed by atoms with Crippen molar-refractivity contribution in [2.45, 2.75) is 117 Å². The van der Waals surface area contributed by atoms with Crippen LogP contribution in [0.1, 0.15) is 196 Å². The topological polar surface area (TPSA) is 583 Å². The number of aliphatic hydroxyl groups excluding tert-OH is 1. The number of phenols is 2. The van der Waals surface area contributed by atoms with Crippen molar-refractivity contribution in [1.82, 2.24) is 66.1 Å². The lowest BCUT2D eigenvalue weighted by Crippen LogP contribution is -2.38. The highest BCUT2D eigenvalue weighted by Gasteiger charge is 2.36. The summed E-state index contributed by atoms with van der Waals surface area (Å²) in [6, 6.07) is 58.7. The number of aromatic nitrogens is 4. The van der Waals surface area contributed by atoms with Gasteiger partial charge in [0.1, 0.15) is 28.7 Å². The molecule has 150 heavy (non-hydrogen) atoms. The van der Waals surface area contributed by atoms with Gasteiger partial charge in [-0.2, -0.15) is 0 Å². The summed E-state index contributed by atoms with van der Waals surface area (Å²) in [5, 5.41) is 38.2. The second kappa shape index (κ2) is 74.4. The molecule has 0 radical (unpaired) electrons. The monoisotopic (exact) mass is 2390 g/mol. The zero-order valence-electron chi connectivity index (χ0n) is 85.0. The van der Waals surface area contributed by atoms with Crippen molar-refractivity contribution in [3.63, 3.8) is 0 Å². The number of aliphatic imine (C=N–C) groups is 1. The van der Waals surface area contributed by atoms with Gasteiger partial charge in [-0.1, -0.05) is 171 Å². The predicted octanol–water partition coefficient (Wildman–Crippen LogP) is 17.0. The average Bonchev–Trinajstić information content (AvgIpc) is 1.64. The van der Waals surface area contributed by atoms with Crippen molar-refractivity contribution in [3.8, 4) is 28.7 Å². The number of nitrogen functional groups attached to an aromatic ring is 4. The van der Waals surface area contributed by atoms with Crippen molar-refractivity contribution >= 4 is 238 Å². The Kier molecular flexibility index (Phi) is 68.2. The number of aromatic hydroxyl groups is 2. The Hall–Kier alpha value is -12.6. The van der Waals surface area contributed by atoms with Gasteiger partial charge >= 0.3 is 11.9 Å². The molecule has 2 aromatic heterocycles. The zero-order valence-corrected chi connectivity index (χ0v) is 95.4. The Labute approximate surface area is 945 Å². The van der Waals surface area contributed by atoms with Crippen LogP contribution >= 0.6 is 136 Å². The molecule has 0 bridgehead atoms. The molecule has 47 heteroatoms. The van der Waals surface area contributed by atoms with Crippen LogP contribution in [0, 0.1) is 5.41 Å². The normalized spacial score (nSPS) is 11.1. The lowest BCUT2D eigenvalue weighted by molar-refractivity contribution is 0.0440. The van der Waals surface area contributed by atoms with Gasteiger partial charge in [-0.15, -0.1) is 41.0 Å². The molecule has 37 nitrogen and oxygen atoms in total. The summed E-state index contributed by atoms with van der Waals surface area (Å²) >= 11 is 37.5. The van der Waals surface area contributed by atoms with Gasteiger partial charge in [-0.05, 0) is 283 Å². The van der Waals surface area contributed by atoms with Crippen molar-refractivity contribution < 1.29 is 72.6 Å². The van der Waals surface area contributed by atoms with Crippen molar-refractivity contribution in [1.29, 1.82) is 5.41 Å². The third-order valence-corrected chi connectivity index (χ3v) is 23.4. The number of nitrogens with one attached hydrogen (secondary N) is 3. The molecule has 0 unspecified atom stereocenters. The average molecular weight is 2400 g/mol. The summed E-state index contributed by atoms with van der Waals surface area (Å²) < 4.78 is 21.4. The number of nitrogens with two attached hydrogens (primary N) is 7. The molecule has 0 spiro atoms. The fourth-order valence-electron chi connectivity index (χ4n) is 12.5. The van der Waals surface area contributed by atoms with Crippen molar-refractivity contribution in [3.05, 3.63) is 277 Å². The molecule has 0 fully saturated rings. The number of benzene rings is 8. The second-order valence-electron chi connectivity index (χ2n) is 32.1. The van der Waals surface area contributed by atoms with Crippen LogP contribution in [0.25, 0.3) is 0 Å². The van der Waals surface area contributed by atoms with Crippen LogP contribution in [0.4, 0.5) is 23.3 Å². The molecule has 10 aromatic rings. The van der Waals surface area contributed by atoms with E-state index in [4.69, 9.17) is 136 Å². The molecule has 3 aliphatic heterocycles. The van der Waals surface area contributed by atoms with E-state index in [-0.39, 0.29) is 140 Å². The minimum atomic E-state index is -0.663. The maximum atomic E-state index is 12.3. The molecular formula is C103H137BrCl3IN22O15S5. The zero-order chi connectivity index (χ0) is 109. The van der Waals surface area contributed by atoms with Gasteiger partial charge in [0.25, 0.3) is 51.0 Å². The number of nitrogens with zero attached hydrogens (tertiary/aromatic N) is 11. The van der Waals surface area contributed by atoms with Crippen LogP contribution in [-0.2, 0) is 36.8 Å². The molecule has 3 aliphatic rings. The van der Waals surface area contributed by atoms with E-state index in [2.05, 4.69) is 77.3 Å². The number of cyclic esters (lactones) is 2. The summed E-state index contributed by atoms with van der Waals surface area (Å²) in [6.45, 7) is 4.33. The summed E-state index contributed by atoms with van der Waals surface area (Å²) in [4.78, 5) is 123. The molecule has 0 saturated carbocycles. The number of amidine groups is 1. The number of halogens is 5. The molecule has 0 saturated heterocycles. The Morgan fingerprint density at radius 2 is 0.727 bits per heavy atom. The first-order valence-electron chi connectivity index (χ1n) is 45.7. The minimum absolute atomic E-state index is 0. The highest BCUT2D eigenvalue weighted by Crippen LogP contribution is 2.28. The SMILES string of the molecule is Br.C.CCCCCc1ccc(OC(=S)N(C)C)cc1.CN.CN(C)C(=S)Cl.CN(C)C(=S)Oc1ccc(CCCCN2C(=O)c3ccccc3C2=O)cc1.CN(C)C(=S)Oc1ccc(CCCCN=C(N)NC(=O)c2nc(Cl)c(N)nc2N)cc1.CO.CSC(=N)NC(=O)c1nc(Cl)c(N)nc1N.I.N.NCCCCc1ccc(O)cc1.O=C1OC(=O)c2ccccc21.O=C1c2ccccc2C(=O)N1CCCCc1ccc(O)cc1. The van der Waals surface area contributed by atoms with Crippen LogP contribution in [-0.4, -0.2) is 246 Å². The molecular weight excluding hydrogens is 2260 g/mol. The lowest BCUT2D eigenvalue weighted by Gasteiger charge is -2.14. The number of fused-ring (bicyclic) bond motifs is 3.